The molecule has 1 saturated heterocycles. The van der Waals surface area contributed by atoms with Gasteiger partial charge >= 0.3 is 0 Å². The molecule has 3 N–H and O–H groups in total. The zero-order valence-corrected chi connectivity index (χ0v) is 25.0. The van der Waals surface area contributed by atoms with Gasteiger partial charge < -0.3 is 14.6 Å². The second-order valence-electron chi connectivity index (χ2n) is 12.0. The largest absolute Gasteiger partial charge is 0.505 e. The number of anilines is 1. The maximum Gasteiger partial charge on any atom is 0.281 e. The number of nitrogens with zero attached hydrogens (tertiary/aromatic N) is 6. The van der Waals surface area contributed by atoms with Crippen molar-refractivity contribution in [3.63, 3.8) is 0 Å². The van der Waals surface area contributed by atoms with Gasteiger partial charge in [0.25, 0.3) is 11.8 Å². The molecule has 2 fully saturated rings. The van der Waals surface area contributed by atoms with Gasteiger partial charge in [-0.3, -0.25) is 19.9 Å². The Morgan fingerprint density at radius 3 is 2.56 bits per heavy atom. The van der Waals surface area contributed by atoms with Crippen LogP contribution < -0.4 is 5.43 Å². The molecule has 1 aromatic heterocycles. The molecule has 12 nitrogen and oxygen atoms in total. The minimum absolute atomic E-state index is 0.0931. The lowest BCUT2D eigenvalue weighted by molar-refractivity contribution is -0.142. The van der Waals surface area contributed by atoms with Crippen LogP contribution in [0.3, 0.4) is 0 Å². The first-order chi connectivity index (χ1) is 19.6. The molecular formula is C28H39N8O4P. The number of amides is 2. The van der Waals surface area contributed by atoms with Crippen molar-refractivity contribution in [2.75, 3.05) is 45.1 Å². The summed E-state index contributed by atoms with van der Waals surface area (Å²) in [4.78, 5) is 30.5. The van der Waals surface area contributed by atoms with Crippen LogP contribution in [0.5, 0.6) is 5.75 Å². The predicted octanol–water partition coefficient (Wildman–Crippen LogP) is 3.52. The zero-order valence-electron chi connectivity index (χ0n) is 24.1. The summed E-state index contributed by atoms with van der Waals surface area (Å²) in [6.07, 6.45) is 5.78. The van der Waals surface area contributed by atoms with Crippen molar-refractivity contribution in [1.82, 2.24) is 30.4 Å². The second-order valence-corrected chi connectivity index (χ2v) is 15.4. The molecule has 5 rings (SSSR count). The first kappa shape index (κ1) is 29.1. The van der Waals surface area contributed by atoms with E-state index in [0.29, 0.717) is 48.5 Å². The number of rotatable bonds is 7. The molecule has 0 radical (unpaired) electrons. The zero-order chi connectivity index (χ0) is 29.3. The van der Waals surface area contributed by atoms with E-state index in [2.05, 4.69) is 31.2 Å². The molecule has 2 aliphatic heterocycles. The van der Waals surface area contributed by atoms with Gasteiger partial charge in [0.1, 0.15) is 5.75 Å². The van der Waals surface area contributed by atoms with Gasteiger partial charge in [0.2, 0.25) is 0 Å². The van der Waals surface area contributed by atoms with E-state index in [1.165, 1.54) is 4.90 Å². The number of para-hydroxylation sites is 1. The van der Waals surface area contributed by atoms with E-state index in [-0.39, 0.29) is 35.2 Å². The minimum atomic E-state index is -2.22. The fourth-order valence-electron chi connectivity index (χ4n) is 6.30. The number of likely N-dealkylation sites (N-methyl/N-ethyl adjacent to an activating group) is 1. The predicted molar refractivity (Wildman–Crippen MR) is 157 cm³/mol. The molecule has 3 heterocycles. The molecule has 2 atom stereocenters. The van der Waals surface area contributed by atoms with Crippen LogP contribution in [-0.2, 0) is 14.2 Å². The van der Waals surface area contributed by atoms with Crippen molar-refractivity contribution in [1.29, 1.82) is 0 Å². The third kappa shape index (κ3) is 6.13. The number of hydrazone groups is 1. The maximum absolute atomic E-state index is 13.7. The van der Waals surface area contributed by atoms with E-state index in [1.807, 2.05) is 31.1 Å². The lowest BCUT2D eigenvalue weighted by Gasteiger charge is -2.38. The van der Waals surface area contributed by atoms with Crippen molar-refractivity contribution >= 4 is 30.4 Å². The van der Waals surface area contributed by atoms with Gasteiger partial charge in [-0.15, -0.1) is 5.10 Å². The number of phenolic OH excluding ortho intramolecular Hbond substituents is 1. The van der Waals surface area contributed by atoms with Gasteiger partial charge in [-0.05, 0) is 93.3 Å². The Hall–Kier alpha value is -3.37. The van der Waals surface area contributed by atoms with Crippen LogP contribution in [0.25, 0.3) is 0 Å². The van der Waals surface area contributed by atoms with E-state index in [4.69, 9.17) is 0 Å². The summed E-state index contributed by atoms with van der Waals surface area (Å²) in [6, 6.07) is 5.19. The van der Waals surface area contributed by atoms with Gasteiger partial charge in [0.05, 0.1) is 12.8 Å². The summed E-state index contributed by atoms with van der Waals surface area (Å²) in [5.41, 5.74) is 5.30. The van der Waals surface area contributed by atoms with E-state index in [1.54, 1.807) is 19.7 Å². The third-order valence-electron chi connectivity index (χ3n) is 8.63. The number of imide groups is 1. The minimum Gasteiger partial charge on any atom is -0.505 e. The van der Waals surface area contributed by atoms with Crippen LogP contribution in [0, 0.1) is 0 Å². The van der Waals surface area contributed by atoms with Crippen molar-refractivity contribution in [3.8, 4) is 5.75 Å². The smallest absolute Gasteiger partial charge is 0.281 e. The summed E-state index contributed by atoms with van der Waals surface area (Å²) in [6.45, 7) is 3.89. The fraction of sp³-hybridized carbons (Fsp3) is 0.571. The Labute approximate surface area is 240 Å². The Morgan fingerprint density at radius 2 is 1.88 bits per heavy atom. The lowest BCUT2D eigenvalue weighted by Crippen LogP contribution is -2.54. The average molecular weight is 583 g/mol. The molecular weight excluding hydrogens is 543 g/mol. The normalized spacial score (nSPS) is 28.6. The van der Waals surface area contributed by atoms with Crippen LogP contribution >= 0.6 is 7.14 Å². The molecule has 0 bridgehead atoms. The van der Waals surface area contributed by atoms with Crippen LogP contribution in [0.4, 0.5) is 5.69 Å². The maximum atomic E-state index is 13.7. The van der Waals surface area contributed by atoms with Crippen molar-refractivity contribution in [2.24, 2.45) is 5.10 Å². The van der Waals surface area contributed by atoms with Crippen LogP contribution in [0.15, 0.2) is 34.4 Å². The quantitative estimate of drug-likeness (QED) is 0.192. The molecule has 2 amide bonds. The first-order valence-corrected chi connectivity index (χ1v) is 16.8. The summed E-state index contributed by atoms with van der Waals surface area (Å²) < 4.78 is 12.6. The Morgan fingerprint density at radius 1 is 1.15 bits per heavy atom. The summed E-state index contributed by atoms with van der Waals surface area (Å²) in [5.74, 6) is 0.388. The highest BCUT2D eigenvalue weighted by Crippen LogP contribution is 2.48. The molecule has 1 aromatic carbocycles. The second kappa shape index (κ2) is 11.9. The van der Waals surface area contributed by atoms with Crippen molar-refractivity contribution in [2.45, 2.75) is 63.3 Å². The van der Waals surface area contributed by atoms with Gasteiger partial charge in [-0.2, -0.15) is 5.10 Å². The molecule has 220 valence electrons. The topological polar surface area (TPSA) is 157 Å². The number of aromatic nitrogens is 4. The van der Waals surface area contributed by atoms with E-state index in [0.717, 1.165) is 37.1 Å². The van der Waals surface area contributed by atoms with Gasteiger partial charge in [0.15, 0.2) is 11.5 Å². The molecule has 0 spiro atoms. The number of hydrogen-bond donors (Lipinski definition) is 3. The molecule has 2 unspecified atom stereocenters. The Kier molecular flexibility index (Phi) is 8.42. The first-order valence-electron chi connectivity index (χ1n) is 14.2. The highest BCUT2D eigenvalue weighted by molar-refractivity contribution is 7.63. The van der Waals surface area contributed by atoms with Gasteiger partial charge in [-0.1, -0.05) is 18.6 Å². The van der Waals surface area contributed by atoms with Gasteiger partial charge in [-0.25, -0.2) is 5.10 Å². The van der Waals surface area contributed by atoms with Crippen LogP contribution in [0.1, 0.15) is 68.7 Å². The molecule has 1 aliphatic carbocycles. The number of nitrogens with one attached hydrogen (secondary N) is 2. The van der Waals surface area contributed by atoms with E-state index in [9.17, 15) is 19.3 Å². The number of hydrogen-bond acceptors (Lipinski definition) is 10. The van der Waals surface area contributed by atoms with Crippen molar-refractivity contribution < 1.29 is 19.3 Å². The third-order valence-corrected chi connectivity index (χ3v) is 11.0. The molecule has 3 aliphatic rings. The van der Waals surface area contributed by atoms with E-state index >= 15 is 0 Å². The Balaban J connectivity index is 1.42. The van der Waals surface area contributed by atoms with Crippen LogP contribution in [-0.4, -0.2) is 98.7 Å². The summed E-state index contributed by atoms with van der Waals surface area (Å²) >= 11 is 0. The molecule has 41 heavy (non-hydrogen) atoms. The number of tetrazole rings is 1. The number of benzene rings is 1. The summed E-state index contributed by atoms with van der Waals surface area (Å²) in [7, 11) is 1.52. The SMILES string of the molecule is CC1=C(CN(C)C)C(=O)N(C2CCP(C)(=O)CC2)C(=O)/C1=N/Nc1cccc(C2CCCC(c3nnn[nH]3)C2)c1O. The lowest BCUT2D eigenvalue weighted by atomic mass is 9.77. The van der Waals surface area contributed by atoms with E-state index < -0.39 is 13.0 Å². The van der Waals surface area contributed by atoms with Gasteiger partial charge in [0, 0.05) is 36.4 Å². The number of aromatic hydroxyl groups is 1. The molecule has 1 saturated carbocycles. The highest BCUT2D eigenvalue weighted by Gasteiger charge is 2.42. The number of carbonyl (C=O) groups excluding carboxylic acids is 2. The standard InChI is InChI=1S/C28H39N8O4P/c1-17-22(16-35(2)3)27(38)36(20-11-13-41(4,40)14-12-20)28(39)24(17)30-29-23-10-6-9-21(25(23)37)18-7-5-8-19(15-18)26-31-33-34-32-26/h6,9-10,18-20,29,37H,5,7-8,11-16H2,1-4H3,(H,31,32,33,34)/b30-24+. The summed E-state index contributed by atoms with van der Waals surface area (Å²) in [5, 5.41) is 30.1. The number of carbonyl (C=O) groups is 2. The number of phenols is 1. The monoisotopic (exact) mass is 582 g/mol. The van der Waals surface area contributed by atoms with Crippen molar-refractivity contribution in [3.05, 3.63) is 40.7 Å². The molecule has 13 heteroatoms. The highest BCUT2D eigenvalue weighted by atomic mass is 31.2. The number of H-pyrrole nitrogens is 1. The fourth-order valence-corrected chi connectivity index (χ4v) is 8.21. The average Bonchev–Trinajstić information content (AvgIpc) is 3.48. The van der Waals surface area contributed by atoms with Crippen LogP contribution in [0.2, 0.25) is 0 Å². The Bertz CT molecular complexity index is 1410. The number of aromatic amines is 1. The molecule has 2 aromatic rings.